The van der Waals surface area contributed by atoms with Crippen LogP contribution >= 0.6 is 23.6 Å². The number of aromatic nitrogens is 2. The number of nitrogens with one attached hydrogen (secondary N) is 4. The van der Waals surface area contributed by atoms with Gasteiger partial charge in [0.05, 0.1) is 81.5 Å². The van der Waals surface area contributed by atoms with Crippen LogP contribution in [0.25, 0.3) is 55.7 Å². The molecule has 1 saturated carbocycles. The van der Waals surface area contributed by atoms with Gasteiger partial charge in [0.25, 0.3) is 11.8 Å². The maximum absolute atomic E-state index is 13.2. The van der Waals surface area contributed by atoms with Crippen LogP contribution < -0.4 is 77.1 Å². The second-order valence-electron chi connectivity index (χ2n) is 32.3. The molecule has 3 heterocycles. The summed E-state index contributed by atoms with van der Waals surface area (Å²) in [7, 11) is 1.63. The summed E-state index contributed by atoms with van der Waals surface area (Å²) in [5.41, 5.74) is 80.0. The topological polar surface area (TPSA) is 433 Å². The Kier molecular flexibility index (Phi) is 35.0. The molecule has 0 aliphatic heterocycles. The molecule has 0 spiro atoms. The van der Waals surface area contributed by atoms with Gasteiger partial charge >= 0.3 is 5.91 Å². The number of oxazole rings is 1. The number of fused-ring (bicyclic) bond motifs is 2. The Morgan fingerprint density at radius 2 is 1.09 bits per heavy atom. The number of thiazole rings is 1. The predicted octanol–water partition coefficient (Wildman–Crippen LogP) is 22.6. The molecule has 0 atom stereocenters. The summed E-state index contributed by atoms with van der Waals surface area (Å²) in [6.45, 7) is 14.0. The van der Waals surface area contributed by atoms with Crippen molar-refractivity contribution in [2.24, 2.45) is 15.3 Å². The molecule has 14 aromatic carbocycles. The van der Waals surface area contributed by atoms with E-state index in [1.54, 1.807) is 103 Å². The Morgan fingerprint density at radius 1 is 0.518 bits per heavy atom. The van der Waals surface area contributed by atoms with Crippen molar-refractivity contribution in [1.82, 2.24) is 26.2 Å². The number of carbonyl (C=O) groups excluding carboxylic acids is 3. The highest BCUT2D eigenvalue weighted by Gasteiger charge is 2.30. The van der Waals surface area contributed by atoms with E-state index < -0.39 is 0 Å². The van der Waals surface area contributed by atoms with Crippen molar-refractivity contribution in [3.05, 3.63) is 411 Å². The third-order valence-corrected chi connectivity index (χ3v) is 22.6. The number of hydrazone groups is 3. The van der Waals surface area contributed by atoms with E-state index in [0.717, 1.165) is 125 Å². The standard InChI is InChI=1S/C21H21N3O.C19H16N2O.C17H12N2O.C16H18N4S.C16H17N3O.C13H13N3O2.C10H10N2S/c1-15-10-11-19(23)20(12-15)24(14-16-6-3-2-4-7-16)21(25)17-8-5-9-18(22)13-17;1-3-15-16(12-4-5-12)10-17(18(11-20)19(15)21)13-6-8-14(22-2)9-7-13;18-14-7-8-16-15(10-14)19-17(20-16)13-6-5-11-3-1-2-4-12(11)9-13;1-11-4-3-5-15(10-11)18-16(21)20-19-12(2)13-6-8-14(17)9-7-13;1-11-7-9-13(10-8-11)12(2)18-19-16(20)14-5-3-4-6-15(14)17;1-9(10-4-6-11(14)7-5-10)15-16-13(17)12-3-2-8-18-12;1-7-12-10(6-13-7)8-2-4-9(11)5-3-8/h2-13H,14,22-23H2,1H3;1,6-10,12H,4-5,21H2,2H3;1-10H,18H2;3-10H,17H2,1-2H3,(H2,18,20,21);3-10H,17H2,1-2H3,(H,19,20);2-8H,14H2,1H3,(H,16,17);2-6H,11H2,1H3/b;;;19-12-;18-12-;15-9+;. The molecule has 1 aliphatic carbocycles. The number of nitrogens with two attached hydrogens (primary N) is 8. The summed E-state index contributed by atoms with van der Waals surface area (Å²) in [6, 6.07) is 103. The van der Waals surface area contributed by atoms with Crippen molar-refractivity contribution >= 4 is 142 Å². The number of nitrogen functional groups attached to an aromatic ring is 8. The number of para-hydroxylation sites is 1. The lowest BCUT2D eigenvalue weighted by molar-refractivity contribution is 0.0924. The number of benzene rings is 14. The third kappa shape index (κ3) is 28.8. The molecule has 1 fully saturated rings. The van der Waals surface area contributed by atoms with E-state index in [2.05, 4.69) is 88.5 Å². The van der Waals surface area contributed by atoms with Crippen LogP contribution in [0.5, 0.6) is 5.75 Å². The minimum atomic E-state index is -0.380. The predicted molar refractivity (Wildman–Crippen MR) is 573 cm³/mol. The second kappa shape index (κ2) is 48.7. The average Bonchev–Trinajstić information content (AvgIpc) is 1.44. The number of ether oxygens (including phenoxy) is 1. The zero-order valence-electron chi connectivity index (χ0n) is 78.0. The number of nitriles is 1. The number of anilines is 10. The number of methoxy groups -OCH3 is 1. The fourth-order valence-electron chi connectivity index (χ4n) is 14.0. The Labute approximate surface area is 817 Å². The quantitative estimate of drug-likeness (QED) is 0.0125. The van der Waals surface area contributed by atoms with E-state index >= 15 is 0 Å². The molecule has 0 bridgehead atoms. The molecular formula is C112H107N19O6S2. The number of amides is 3. The molecule has 3 amide bonds. The summed E-state index contributed by atoms with van der Waals surface area (Å²) in [5, 5.41) is 30.9. The normalized spacial score (nSPS) is 11.3. The lowest BCUT2D eigenvalue weighted by atomic mass is 9.90. The van der Waals surface area contributed by atoms with Crippen molar-refractivity contribution in [3.8, 4) is 58.0 Å². The smallest absolute Gasteiger partial charge is 0.307 e. The van der Waals surface area contributed by atoms with Gasteiger partial charge in [-0.3, -0.25) is 19.8 Å². The fourth-order valence-corrected chi connectivity index (χ4v) is 14.7. The summed E-state index contributed by atoms with van der Waals surface area (Å²) >= 11 is 6.88. The summed E-state index contributed by atoms with van der Waals surface area (Å²) in [6.07, 6.45) is 9.30. The number of thiocarbonyl (C=S) groups is 1. The number of nitrogens with zero attached hydrogens (tertiary/aromatic N) is 7. The van der Waals surface area contributed by atoms with Crippen molar-refractivity contribution in [3.63, 3.8) is 0 Å². The Morgan fingerprint density at radius 3 is 1.68 bits per heavy atom. The third-order valence-electron chi connectivity index (χ3n) is 21.7. The van der Waals surface area contributed by atoms with Gasteiger partial charge in [0.1, 0.15) is 17.3 Å². The first-order valence-corrected chi connectivity index (χ1v) is 45.4. The van der Waals surface area contributed by atoms with Gasteiger partial charge in [0, 0.05) is 67.4 Å². The molecule has 0 saturated heterocycles. The highest BCUT2D eigenvalue weighted by molar-refractivity contribution is 7.80. The number of hydrogen-bond donors (Lipinski definition) is 12. The lowest BCUT2D eigenvalue weighted by Gasteiger charge is -2.25. The van der Waals surface area contributed by atoms with Gasteiger partial charge in [-0.05, 0) is 286 Å². The zero-order chi connectivity index (χ0) is 99.0. The van der Waals surface area contributed by atoms with Gasteiger partial charge in [-0.25, -0.2) is 20.8 Å². The summed E-state index contributed by atoms with van der Waals surface area (Å²) < 4.78 is 15.9. The number of furan rings is 1. The average molecular weight is 1880 g/mol. The lowest BCUT2D eigenvalue weighted by Crippen LogP contribution is -2.31. The number of aryl methyl sites for hydroxylation is 4. The number of carbonyl (C=O) groups is 3. The number of terminal acetylenes is 1. The van der Waals surface area contributed by atoms with Gasteiger partial charge in [-0.2, -0.15) is 20.6 Å². The molecule has 3 aromatic heterocycles. The van der Waals surface area contributed by atoms with E-state index in [1.807, 2.05) is 266 Å². The second-order valence-corrected chi connectivity index (χ2v) is 33.7. The molecule has 0 radical (unpaired) electrons. The molecule has 25 nitrogen and oxygen atoms in total. The first-order chi connectivity index (χ1) is 67.1. The van der Waals surface area contributed by atoms with E-state index in [4.69, 9.17) is 78.1 Å². The van der Waals surface area contributed by atoms with Crippen LogP contribution in [0.15, 0.2) is 357 Å². The minimum Gasteiger partial charge on any atom is -0.497 e. The molecule has 139 heavy (non-hydrogen) atoms. The largest absolute Gasteiger partial charge is 0.497 e. The van der Waals surface area contributed by atoms with Gasteiger partial charge in [0.2, 0.25) is 5.89 Å². The van der Waals surface area contributed by atoms with Crippen molar-refractivity contribution in [2.45, 2.75) is 73.8 Å². The van der Waals surface area contributed by atoms with Crippen LogP contribution in [0.1, 0.15) is 131 Å². The SMILES string of the molecule is C#Cc1c(C2CC2)cc(-c2ccc(OC)cc2)c(C#N)c1N.C/C(=N/NC(=O)c1ccccc1N)c1ccc(C)cc1.C/C(=N/NC(=S)Nc1cccc(C)c1)c1ccc(N)cc1.C/C(=N\NC(=O)c1ccco1)c1ccc(N)cc1.Cc1ccc(N)c(N(Cc2ccccc2)C(=O)c2cccc(N)c2)c1.Cc1nc(-c2ccc(N)cc2)cs1.Nc1ccc2oc(-c3ccc4ccccc4c3)nc2c1. The molecule has 18 rings (SSSR count). The monoisotopic (exact) mass is 1880 g/mol. The van der Waals surface area contributed by atoms with Crippen LogP contribution in [0.2, 0.25) is 0 Å². The Hall–Kier alpha value is -17.9. The number of rotatable bonds is 18. The molecule has 20 N–H and O–H groups in total. The van der Waals surface area contributed by atoms with Crippen LogP contribution in [0.4, 0.5) is 56.9 Å². The molecule has 0 unspecified atom stereocenters. The van der Waals surface area contributed by atoms with E-state index in [1.165, 1.54) is 28.2 Å². The molecule has 698 valence electrons. The van der Waals surface area contributed by atoms with Gasteiger partial charge in [0.15, 0.2) is 16.5 Å². The van der Waals surface area contributed by atoms with Crippen LogP contribution in [0, 0.1) is 51.4 Å². The van der Waals surface area contributed by atoms with Gasteiger partial charge < -0.3 is 69.7 Å². The van der Waals surface area contributed by atoms with Crippen LogP contribution in [-0.4, -0.2) is 57.0 Å². The van der Waals surface area contributed by atoms with Gasteiger partial charge in [-0.15, -0.1) is 17.8 Å². The highest BCUT2D eigenvalue weighted by atomic mass is 32.1. The molecule has 1 aliphatic rings. The first kappa shape index (κ1) is 100. The number of hydrogen-bond acceptors (Lipinski definition) is 22. The van der Waals surface area contributed by atoms with E-state index in [-0.39, 0.29) is 23.5 Å². The Balaban J connectivity index is 0.000000146. The zero-order valence-corrected chi connectivity index (χ0v) is 79.7. The van der Waals surface area contributed by atoms with E-state index in [9.17, 15) is 19.6 Å². The van der Waals surface area contributed by atoms with Crippen molar-refractivity contribution in [1.29, 1.82) is 5.26 Å². The minimum absolute atomic E-state index is 0.131. The fraction of sp³-hybridized carbons (Fsp3) is 0.107. The highest BCUT2D eigenvalue weighted by Crippen LogP contribution is 2.46. The van der Waals surface area contributed by atoms with Crippen molar-refractivity contribution in [2.75, 3.05) is 63.2 Å². The molecule has 27 heteroatoms. The van der Waals surface area contributed by atoms with Crippen LogP contribution in [0.3, 0.4) is 0 Å². The van der Waals surface area contributed by atoms with Crippen molar-refractivity contribution < 1.29 is 28.0 Å². The van der Waals surface area contributed by atoms with Crippen LogP contribution in [-0.2, 0) is 6.54 Å². The molecule has 17 aromatic rings. The summed E-state index contributed by atoms with van der Waals surface area (Å²) in [4.78, 5) is 47.3. The maximum Gasteiger partial charge on any atom is 0.307 e. The van der Waals surface area contributed by atoms with E-state index in [0.29, 0.717) is 91.2 Å². The summed E-state index contributed by atoms with van der Waals surface area (Å²) in [5.74, 6) is 3.93. The molecular weight excluding hydrogens is 1770 g/mol. The van der Waals surface area contributed by atoms with Gasteiger partial charge in [-0.1, -0.05) is 181 Å². The first-order valence-electron chi connectivity index (χ1n) is 44.1. The maximum atomic E-state index is 13.2. The Bertz CT molecular complexity index is 7310.